The highest BCUT2D eigenvalue weighted by Crippen LogP contribution is 2.23. The summed E-state index contributed by atoms with van der Waals surface area (Å²) in [5.41, 5.74) is 7.11. The molecule has 1 amide bonds. The number of nitrogens with two attached hydrogens (primary N) is 1. The summed E-state index contributed by atoms with van der Waals surface area (Å²) >= 11 is 4.93. The number of carbonyl (C=O) groups excluding carboxylic acids is 1. The molecule has 1 aromatic carbocycles. The molecule has 1 aromatic rings. The number of thiocarbonyl (C=S) groups is 1. The Morgan fingerprint density at radius 2 is 2.24 bits per heavy atom. The fraction of sp³-hybridized carbons (Fsp3) is 0.500. The van der Waals surface area contributed by atoms with Crippen LogP contribution in [0, 0.1) is 0 Å². The summed E-state index contributed by atoms with van der Waals surface area (Å²) in [5, 5.41) is 2.90. The minimum atomic E-state index is 0.0390. The highest BCUT2D eigenvalue weighted by molar-refractivity contribution is 7.80. The largest absolute Gasteiger partial charge is 0.389 e. The molecule has 1 saturated carbocycles. The van der Waals surface area contributed by atoms with Gasteiger partial charge in [0.1, 0.15) is 4.99 Å². The van der Waals surface area contributed by atoms with E-state index >= 15 is 0 Å². The summed E-state index contributed by atoms with van der Waals surface area (Å²) in [5.74, 6) is 0.0390. The summed E-state index contributed by atoms with van der Waals surface area (Å²) in [6, 6.07) is 8.07. The molecule has 0 unspecified atom stereocenters. The number of rotatable bonds is 7. The molecule has 4 nitrogen and oxygen atoms in total. The molecule has 2 rings (SSSR count). The van der Waals surface area contributed by atoms with E-state index in [0.717, 1.165) is 30.3 Å². The van der Waals surface area contributed by atoms with Gasteiger partial charge < -0.3 is 16.0 Å². The van der Waals surface area contributed by atoms with Crippen LogP contribution < -0.4 is 11.1 Å². The van der Waals surface area contributed by atoms with Crippen LogP contribution in [0.15, 0.2) is 24.3 Å². The van der Waals surface area contributed by atoms with Gasteiger partial charge in [0.2, 0.25) is 5.91 Å². The standard InChI is InChI=1S/C16H23N3OS/c1-19(14-7-3-8-14)10-4-9-15(20)18-13-6-2-5-12(11-13)16(17)21/h2,5-6,11,14H,3-4,7-10H2,1H3,(H2,17,21)(H,18,20). The molecule has 3 N–H and O–H groups in total. The third-order valence-corrected chi connectivity index (χ3v) is 4.28. The van der Waals surface area contributed by atoms with E-state index in [9.17, 15) is 4.79 Å². The Morgan fingerprint density at radius 1 is 1.48 bits per heavy atom. The van der Waals surface area contributed by atoms with Crippen LogP contribution in [0.5, 0.6) is 0 Å². The zero-order valence-electron chi connectivity index (χ0n) is 12.5. The van der Waals surface area contributed by atoms with Gasteiger partial charge in [-0.25, -0.2) is 0 Å². The molecule has 0 heterocycles. The number of carbonyl (C=O) groups is 1. The molecule has 114 valence electrons. The van der Waals surface area contributed by atoms with Crippen LogP contribution in [0.3, 0.4) is 0 Å². The average Bonchev–Trinajstić information content (AvgIpc) is 2.36. The first kappa shape index (κ1) is 15.9. The third kappa shape index (κ3) is 4.79. The zero-order chi connectivity index (χ0) is 15.2. The minimum absolute atomic E-state index is 0.0390. The van der Waals surface area contributed by atoms with Gasteiger partial charge >= 0.3 is 0 Å². The van der Waals surface area contributed by atoms with Crippen LogP contribution in [-0.2, 0) is 4.79 Å². The van der Waals surface area contributed by atoms with Crippen molar-refractivity contribution in [1.29, 1.82) is 0 Å². The Kier molecular flexibility index (Phi) is 5.70. The van der Waals surface area contributed by atoms with Crippen molar-refractivity contribution in [3.63, 3.8) is 0 Å². The van der Waals surface area contributed by atoms with Crippen molar-refractivity contribution in [2.45, 2.75) is 38.1 Å². The molecular formula is C16H23N3OS. The molecule has 21 heavy (non-hydrogen) atoms. The van der Waals surface area contributed by atoms with Crippen molar-refractivity contribution in [3.05, 3.63) is 29.8 Å². The second-order valence-electron chi connectivity index (χ2n) is 5.66. The summed E-state index contributed by atoms with van der Waals surface area (Å²) in [7, 11) is 2.15. The smallest absolute Gasteiger partial charge is 0.224 e. The van der Waals surface area contributed by atoms with E-state index in [2.05, 4.69) is 17.3 Å². The lowest BCUT2D eigenvalue weighted by Gasteiger charge is -2.34. The Labute approximate surface area is 131 Å². The fourth-order valence-corrected chi connectivity index (χ4v) is 2.60. The predicted molar refractivity (Wildman–Crippen MR) is 90.5 cm³/mol. The van der Waals surface area contributed by atoms with Gasteiger partial charge in [0.25, 0.3) is 0 Å². The van der Waals surface area contributed by atoms with Gasteiger partial charge in [0, 0.05) is 23.7 Å². The number of benzene rings is 1. The van der Waals surface area contributed by atoms with Crippen LogP contribution >= 0.6 is 12.2 Å². The van der Waals surface area contributed by atoms with Crippen LogP contribution in [0.25, 0.3) is 0 Å². The lowest BCUT2D eigenvalue weighted by molar-refractivity contribution is -0.116. The number of hydrogen-bond donors (Lipinski definition) is 2. The SMILES string of the molecule is CN(CCCC(=O)Nc1cccc(C(N)=S)c1)C1CCC1. The van der Waals surface area contributed by atoms with Crippen molar-refractivity contribution >= 4 is 28.8 Å². The fourth-order valence-electron chi connectivity index (χ4n) is 2.47. The maximum atomic E-state index is 11.9. The van der Waals surface area contributed by atoms with Crippen LogP contribution in [0.4, 0.5) is 5.69 Å². The van der Waals surface area contributed by atoms with E-state index in [1.54, 1.807) is 6.07 Å². The Balaban J connectivity index is 1.73. The number of nitrogens with zero attached hydrogens (tertiary/aromatic N) is 1. The van der Waals surface area contributed by atoms with E-state index < -0.39 is 0 Å². The molecule has 0 spiro atoms. The maximum absolute atomic E-state index is 11.9. The molecule has 0 saturated heterocycles. The molecule has 0 atom stereocenters. The molecule has 0 aromatic heterocycles. The highest BCUT2D eigenvalue weighted by Gasteiger charge is 2.21. The van der Waals surface area contributed by atoms with Crippen LogP contribution in [-0.4, -0.2) is 35.4 Å². The average molecular weight is 305 g/mol. The number of hydrogen-bond acceptors (Lipinski definition) is 3. The second kappa shape index (κ2) is 7.52. The first-order valence-electron chi connectivity index (χ1n) is 7.46. The Hall–Kier alpha value is -1.46. The Morgan fingerprint density at radius 3 is 2.86 bits per heavy atom. The van der Waals surface area contributed by atoms with E-state index in [-0.39, 0.29) is 5.91 Å². The summed E-state index contributed by atoms with van der Waals surface area (Å²) in [6.45, 7) is 0.977. The summed E-state index contributed by atoms with van der Waals surface area (Å²) < 4.78 is 0. The van der Waals surface area contributed by atoms with Crippen molar-refractivity contribution in [3.8, 4) is 0 Å². The number of nitrogens with one attached hydrogen (secondary N) is 1. The van der Waals surface area contributed by atoms with Crippen LogP contribution in [0.1, 0.15) is 37.7 Å². The second-order valence-corrected chi connectivity index (χ2v) is 6.10. The van der Waals surface area contributed by atoms with Crippen molar-refractivity contribution in [1.82, 2.24) is 4.90 Å². The van der Waals surface area contributed by atoms with Crippen molar-refractivity contribution in [2.24, 2.45) is 5.73 Å². The van der Waals surface area contributed by atoms with Gasteiger partial charge in [-0.1, -0.05) is 30.8 Å². The molecule has 0 bridgehead atoms. The molecular weight excluding hydrogens is 282 g/mol. The van der Waals surface area contributed by atoms with E-state index in [1.165, 1.54) is 19.3 Å². The first-order valence-corrected chi connectivity index (χ1v) is 7.87. The monoisotopic (exact) mass is 305 g/mol. The van der Waals surface area contributed by atoms with Gasteiger partial charge in [-0.2, -0.15) is 0 Å². The lowest BCUT2D eigenvalue weighted by atomic mass is 9.92. The minimum Gasteiger partial charge on any atom is -0.389 e. The topological polar surface area (TPSA) is 58.4 Å². The van der Waals surface area contributed by atoms with E-state index in [1.807, 2.05) is 18.2 Å². The molecule has 5 heteroatoms. The van der Waals surface area contributed by atoms with Gasteiger partial charge in [0.05, 0.1) is 0 Å². The molecule has 1 aliphatic rings. The van der Waals surface area contributed by atoms with Gasteiger partial charge in [0.15, 0.2) is 0 Å². The number of anilines is 1. The van der Waals surface area contributed by atoms with Gasteiger partial charge in [-0.05, 0) is 45.0 Å². The zero-order valence-corrected chi connectivity index (χ0v) is 13.3. The molecule has 0 radical (unpaired) electrons. The summed E-state index contributed by atoms with van der Waals surface area (Å²) in [6.07, 6.45) is 5.36. The van der Waals surface area contributed by atoms with Gasteiger partial charge in [-0.3, -0.25) is 4.79 Å². The third-order valence-electron chi connectivity index (χ3n) is 4.04. The van der Waals surface area contributed by atoms with E-state index in [0.29, 0.717) is 11.4 Å². The molecule has 0 aliphatic heterocycles. The Bertz CT molecular complexity index is 514. The molecule has 1 fully saturated rings. The summed E-state index contributed by atoms with van der Waals surface area (Å²) in [4.78, 5) is 14.6. The maximum Gasteiger partial charge on any atom is 0.224 e. The van der Waals surface area contributed by atoms with E-state index in [4.69, 9.17) is 18.0 Å². The first-order chi connectivity index (χ1) is 10.1. The molecule has 1 aliphatic carbocycles. The van der Waals surface area contributed by atoms with Gasteiger partial charge in [-0.15, -0.1) is 0 Å². The van der Waals surface area contributed by atoms with Crippen LogP contribution in [0.2, 0.25) is 0 Å². The van der Waals surface area contributed by atoms with Crippen molar-refractivity contribution in [2.75, 3.05) is 18.9 Å². The quantitative estimate of drug-likeness (QED) is 0.760. The predicted octanol–water partition coefficient (Wildman–Crippen LogP) is 2.52. The van der Waals surface area contributed by atoms with Crippen molar-refractivity contribution < 1.29 is 4.79 Å². The normalized spacial score (nSPS) is 14.8. The number of amides is 1. The lowest BCUT2D eigenvalue weighted by Crippen LogP contribution is -2.37. The highest BCUT2D eigenvalue weighted by atomic mass is 32.1.